The van der Waals surface area contributed by atoms with Crippen molar-refractivity contribution in [3.63, 3.8) is 0 Å². The number of anilines is 2. The Hall–Kier alpha value is -2.41. The number of aliphatic carboxylic acids is 1. The third-order valence-corrected chi connectivity index (χ3v) is 3.47. The lowest BCUT2D eigenvalue weighted by Crippen LogP contribution is -2.36. The van der Waals surface area contributed by atoms with E-state index in [0.29, 0.717) is 10.8 Å². The minimum atomic E-state index is -0.950. The van der Waals surface area contributed by atoms with Crippen molar-refractivity contribution in [3.05, 3.63) is 41.4 Å². The van der Waals surface area contributed by atoms with Gasteiger partial charge in [0.15, 0.2) is 5.13 Å². The number of carboxylic acids is 1. The van der Waals surface area contributed by atoms with Crippen LogP contribution in [0.5, 0.6) is 0 Å². The molecule has 0 aliphatic carbocycles. The minimum absolute atomic E-state index is 0.0929. The number of amides is 2. The number of nitrogens with one attached hydrogen (secondary N) is 1. The van der Waals surface area contributed by atoms with Gasteiger partial charge in [-0.2, -0.15) is 0 Å². The second-order valence-electron chi connectivity index (χ2n) is 4.40. The van der Waals surface area contributed by atoms with E-state index in [-0.39, 0.29) is 13.0 Å². The molecule has 0 fully saturated rings. The Morgan fingerprint density at radius 1 is 1.33 bits per heavy atom. The zero-order valence-corrected chi connectivity index (χ0v) is 12.3. The molecule has 0 aliphatic rings. The highest BCUT2D eigenvalue weighted by atomic mass is 32.1. The highest BCUT2D eigenvalue weighted by molar-refractivity contribution is 7.13. The summed E-state index contributed by atoms with van der Waals surface area (Å²) < 4.78 is 0. The molecule has 0 bridgehead atoms. The quantitative estimate of drug-likeness (QED) is 0.889. The molecule has 2 N–H and O–H groups in total. The van der Waals surface area contributed by atoms with Crippen LogP contribution in [0.15, 0.2) is 35.8 Å². The average Bonchev–Trinajstić information content (AvgIpc) is 2.93. The van der Waals surface area contributed by atoms with Gasteiger partial charge >= 0.3 is 12.0 Å². The zero-order chi connectivity index (χ0) is 15.2. The fourth-order valence-electron chi connectivity index (χ4n) is 1.72. The van der Waals surface area contributed by atoms with Crippen molar-refractivity contribution in [1.82, 2.24) is 4.98 Å². The van der Waals surface area contributed by atoms with Crippen LogP contribution in [0.25, 0.3) is 0 Å². The summed E-state index contributed by atoms with van der Waals surface area (Å²) in [7, 11) is 0. The first-order valence-electron chi connectivity index (χ1n) is 6.33. The number of benzene rings is 1. The lowest BCUT2D eigenvalue weighted by atomic mass is 10.2. The zero-order valence-electron chi connectivity index (χ0n) is 11.4. The van der Waals surface area contributed by atoms with Crippen LogP contribution >= 0.6 is 11.3 Å². The van der Waals surface area contributed by atoms with Crippen LogP contribution in [-0.4, -0.2) is 28.6 Å². The van der Waals surface area contributed by atoms with Crippen molar-refractivity contribution in [1.29, 1.82) is 0 Å². The highest BCUT2D eigenvalue weighted by Gasteiger charge is 2.17. The highest BCUT2D eigenvalue weighted by Crippen LogP contribution is 2.18. The van der Waals surface area contributed by atoms with Crippen molar-refractivity contribution >= 4 is 34.2 Å². The van der Waals surface area contributed by atoms with Crippen LogP contribution in [0.1, 0.15) is 12.0 Å². The molecule has 2 amide bonds. The number of thiazole rings is 1. The summed E-state index contributed by atoms with van der Waals surface area (Å²) in [6.07, 6.45) is 1.47. The van der Waals surface area contributed by atoms with Gasteiger partial charge in [-0.05, 0) is 19.1 Å². The molecule has 0 saturated heterocycles. The monoisotopic (exact) mass is 305 g/mol. The van der Waals surface area contributed by atoms with Crippen LogP contribution in [0, 0.1) is 6.92 Å². The summed E-state index contributed by atoms with van der Waals surface area (Å²) in [5, 5.41) is 13.7. The molecule has 110 valence electrons. The molecule has 0 unspecified atom stereocenters. The first-order chi connectivity index (χ1) is 10.1. The van der Waals surface area contributed by atoms with Gasteiger partial charge in [0.05, 0.1) is 6.42 Å². The molecule has 0 saturated carbocycles. The lowest BCUT2D eigenvalue weighted by Gasteiger charge is -2.22. The molecule has 21 heavy (non-hydrogen) atoms. The Bertz CT molecular complexity index is 611. The fourth-order valence-corrected chi connectivity index (χ4v) is 2.24. The number of nitrogens with zero attached hydrogens (tertiary/aromatic N) is 2. The van der Waals surface area contributed by atoms with Crippen molar-refractivity contribution in [2.24, 2.45) is 0 Å². The van der Waals surface area contributed by atoms with Gasteiger partial charge in [-0.15, -0.1) is 11.3 Å². The average molecular weight is 305 g/mol. The Balaban J connectivity index is 2.16. The lowest BCUT2D eigenvalue weighted by molar-refractivity contribution is -0.136. The Labute approximate surface area is 126 Å². The second kappa shape index (κ2) is 6.85. The largest absolute Gasteiger partial charge is 0.481 e. The third kappa shape index (κ3) is 4.28. The summed E-state index contributed by atoms with van der Waals surface area (Å²) >= 11 is 1.30. The van der Waals surface area contributed by atoms with Crippen LogP contribution in [0.4, 0.5) is 15.6 Å². The predicted octanol–water partition coefficient (Wildman–Crippen LogP) is 2.96. The van der Waals surface area contributed by atoms with E-state index in [1.165, 1.54) is 16.2 Å². The maximum atomic E-state index is 12.3. The molecule has 1 heterocycles. The van der Waals surface area contributed by atoms with Crippen LogP contribution in [0.2, 0.25) is 0 Å². The SMILES string of the molecule is Cc1ccc(N(CCC(=O)O)C(=O)Nc2nccs2)cc1. The molecule has 1 aromatic heterocycles. The number of aromatic nitrogens is 1. The maximum Gasteiger partial charge on any atom is 0.328 e. The predicted molar refractivity (Wildman–Crippen MR) is 81.9 cm³/mol. The second-order valence-corrected chi connectivity index (χ2v) is 5.29. The molecule has 7 heteroatoms. The van der Waals surface area contributed by atoms with Crippen molar-refractivity contribution in [2.75, 3.05) is 16.8 Å². The Morgan fingerprint density at radius 2 is 2.05 bits per heavy atom. The van der Waals surface area contributed by atoms with Gasteiger partial charge in [-0.25, -0.2) is 9.78 Å². The van der Waals surface area contributed by atoms with Gasteiger partial charge in [0.2, 0.25) is 0 Å². The van der Waals surface area contributed by atoms with E-state index >= 15 is 0 Å². The number of carboxylic acid groups (broad SMARTS) is 1. The summed E-state index contributed by atoms with van der Waals surface area (Å²) in [5.74, 6) is -0.950. The molecular formula is C14H15N3O3S. The first-order valence-corrected chi connectivity index (χ1v) is 7.20. The van der Waals surface area contributed by atoms with E-state index in [4.69, 9.17) is 5.11 Å². The number of hydrogen-bond donors (Lipinski definition) is 2. The molecule has 0 atom stereocenters. The molecule has 2 aromatic rings. The van der Waals surface area contributed by atoms with Crippen LogP contribution in [0.3, 0.4) is 0 Å². The Kier molecular flexibility index (Phi) is 4.89. The fraction of sp³-hybridized carbons (Fsp3) is 0.214. The number of aryl methyl sites for hydroxylation is 1. The van der Waals surface area contributed by atoms with E-state index in [2.05, 4.69) is 10.3 Å². The summed E-state index contributed by atoms with van der Waals surface area (Å²) in [6.45, 7) is 2.04. The number of hydrogen-bond acceptors (Lipinski definition) is 4. The van der Waals surface area contributed by atoms with Crippen LogP contribution < -0.4 is 10.2 Å². The Morgan fingerprint density at radius 3 is 2.62 bits per heavy atom. The summed E-state index contributed by atoms with van der Waals surface area (Å²) in [6, 6.07) is 6.94. The molecule has 6 nitrogen and oxygen atoms in total. The van der Waals surface area contributed by atoms with Gasteiger partial charge in [0.25, 0.3) is 0 Å². The smallest absolute Gasteiger partial charge is 0.328 e. The topological polar surface area (TPSA) is 82.5 Å². The van der Waals surface area contributed by atoms with E-state index < -0.39 is 12.0 Å². The van der Waals surface area contributed by atoms with Crippen molar-refractivity contribution < 1.29 is 14.7 Å². The van der Waals surface area contributed by atoms with Gasteiger partial charge < -0.3 is 5.11 Å². The van der Waals surface area contributed by atoms with E-state index in [1.54, 1.807) is 23.7 Å². The molecule has 0 radical (unpaired) electrons. The molecule has 0 aliphatic heterocycles. The van der Waals surface area contributed by atoms with Crippen LogP contribution in [-0.2, 0) is 4.79 Å². The standard InChI is InChI=1S/C14H15N3O3S/c1-10-2-4-11(5-3-10)17(8-6-12(18)19)14(20)16-13-15-7-9-21-13/h2-5,7,9H,6,8H2,1H3,(H,18,19)(H,15,16,20). The number of carbonyl (C=O) groups excluding carboxylic acids is 1. The third-order valence-electron chi connectivity index (χ3n) is 2.79. The van der Waals surface area contributed by atoms with Gasteiger partial charge in [-0.1, -0.05) is 17.7 Å². The molecule has 1 aromatic carbocycles. The number of urea groups is 1. The normalized spacial score (nSPS) is 10.1. The van der Waals surface area contributed by atoms with E-state index in [0.717, 1.165) is 5.56 Å². The van der Waals surface area contributed by atoms with E-state index in [9.17, 15) is 9.59 Å². The molecule has 2 rings (SSSR count). The number of rotatable bonds is 5. The van der Waals surface area contributed by atoms with Gasteiger partial charge in [0, 0.05) is 23.8 Å². The first kappa shape index (κ1) is 15.0. The summed E-state index contributed by atoms with van der Waals surface area (Å²) in [5.41, 5.74) is 1.72. The van der Waals surface area contributed by atoms with E-state index in [1.807, 2.05) is 19.1 Å². The van der Waals surface area contributed by atoms with Gasteiger partial charge in [-0.3, -0.25) is 15.0 Å². The van der Waals surface area contributed by atoms with Gasteiger partial charge in [0.1, 0.15) is 0 Å². The maximum absolute atomic E-state index is 12.3. The summed E-state index contributed by atoms with van der Waals surface area (Å²) in [4.78, 5) is 28.4. The minimum Gasteiger partial charge on any atom is -0.481 e. The molecular weight excluding hydrogens is 290 g/mol. The van der Waals surface area contributed by atoms with Crippen molar-refractivity contribution in [2.45, 2.75) is 13.3 Å². The number of carbonyl (C=O) groups is 2. The molecule has 0 spiro atoms. The van der Waals surface area contributed by atoms with Crippen molar-refractivity contribution in [3.8, 4) is 0 Å².